The average molecular weight is 285 g/mol. The molecule has 0 aliphatic carbocycles. The van der Waals surface area contributed by atoms with Gasteiger partial charge in [-0.15, -0.1) is 0 Å². The Labute approximate surface area is 121 Å². The Morgan fingerprint density at radius 1 is 1.25 bits per heavy atom. The molecule has 0 atom stereocenters. The molecule has 5 heteroatoms. The fourth-order valence-electron chi connectivity index (χ4n) is 1.74. The third-order valence-electron chi connectivity index (χ3n) is 2.60. The molecule has 0 spiro atoms. The van der Waals surface area contributed by atoms with Crippen LogP contribution in [0.2, 0.25) is 13.1 Å². The van der Waals surface area contributed by atoms with Crippen LogP contribution in [-0.2, 0) is 6.42 Å². The van der Waals surface area contributed by atoms with E-state index in [1.165, 1.54) is 5.56 Å². The summed E-state index contributed by atoms with van der Waals surface area (Å²) in [7, 11) is -1.13. The van der Waals surface area contributed by atoms with Gasteiger partial charge in [-0.05, 0) is 43.8 Å². The van der Waals surface area contributed by atoms with Gasteiger partial charge < -0.3 is 4.43 Å². The molecule has 0 saturated heterocycles. The van der Waals surface area contributed by atoms with E-state index < -0.39 is 9.04 Å². The van der Waals surface area contributed by atoms with E-state index >= 15 is 0 Å². The lowest BCUT2D eigenvalue weighted by molar-refractivity contribution is 0.582. The molecule has 0 unspecified atom stereocenters. The molecule has 1 aromatic carbocycles. The maximum atomic E-state index is 5.90. The Balaban J connectivity index is 2.13. The number of hydrogen-bond donors (Lipinski definition) is 0. The van der Waals surface area contributed by atoms with E-state index in [-0.39, 0.29) is 0 Å². The van der Waals surface area contributed by atoms with E-state index in [2.05, 4.69) is 35.0 Å². The highest BCUT2D eigenvalue weighted by molar-refractivity contribution is 6.49. The average Bonchev–Trinajstić information content (AvgIpc) is 2.42. The molecule has 104 valence electrons. The van der Waals surface area contributed by atoms with Crippen LogP contribution in [0.25, 0.3) is 0 Å². The Morgan fingerprint density at radius 2 is 2.00 bits per heavy atom. The number of rotatable bonds is 5. The van der Waals surface area contributed by atoms with E-state index in [1.807, 2.05) is 24.4 Å². The van der Waals surface area contributed by atoms with Gasteiger partial charge in [-0.1, -0.05) is 6.07 Å². The first-order valence-electron chi connectivity index (χ1n) is 6.71. The lowest BCUT2D eigenvalue weighted by atomic mass is 10.2. The van der Waals surface area contributed by atoms with Crippen molar-refractivity contribution in [2.75, 3.05) is 0 Å². The summed E-state index contributed by atoms with van der Waals surface area (Å²) in [5, 5.41) is 0. The van der Waals surface area contributed by atoms with Gasteiger partial charge in [-0.2, -0.15) is 0 Å². The van der Waals surface area contributed by atoms with Crippen molar-refractivity contribution in [1.29, 1.82) is 0 Å². The number of nitrogens with zero attached hydrogens (tertiary/aromatic N) is 3. The fraction of sp³-hybridized carbons (Fsp3) is 0.267. The second-order valence-corrected chi connectivity index (χ2v) is 7.15. The van der Waals surface area contributed by atoms with Crippen molar-refractivity contribution in [1.82, 2.24) is 9.97 Å². The summed E-state index contributed by atoms with van der Waals surface area (Å²) in [6, 6.07) is 7.88. The van der Waals surface area contributed by atoms with Crippen molar-refractivity contribution in [3.63, 3.8) is 0 Å². The number of aliphatic imine (C=N–C) groups is 1. The molecule has 0 amide bonds. The maximum Gasteiger partial charge on any atom is 0.229 e. The first-order valence-corrected chi connectivity index (χ1v) is 9.49. The van der Waals surface area contributed by atoms with Gasteiger partial charge in [0.1, 0.15) is 17.3 Å². The minimum atomic E-state index is -1.13. The molecule has 0 fully saturated rings. The topological polar surface area (TPSA) is 47.4 Å². The molecule has 0 aliphatic heterocycles. The van der Waals surface area contributed by atoms with Gasteiger partial charge in [0, 0.05) is 25.0 Å². The maximum absolute atomic E-state index is 5.90. The summed E-state index contributed by atoms with van der Waals surface area (Å²) in [6.07, 6.45) is 5.93. The number of aryl methyl sites for hydroxylation is 1. The molecule has 0 radical (unpaired) electrons. The summed E-state index contributed by atoms with van der Waals surface area (Å²) < 4.78 is 5.90. The zero-order valence-corrected chi connectivity index (χ0v) is 13.2. The van der Waals surface area contributed by atoms with Gasteiger partial charge in [0.25, 0.3) is 0 Å². The van der Waals surface area contributed by atoms with Gasteiger partial charge in [0.15, 0.2) is 0 Å². The Morgan fingerprint density at radius 3 is 2.70 bits per heavy atom. The zero-order chi connectivity index (χ0) is 14.4. The third-order valence-corrected chi connectivity index (χ3v) is 3.33. The normalized spacial score (nSPS) is 11.2. The van der Waals surface area contributed by atoms with Crippen molar-refractivity contribution < 1.29 is 4.43 Å². The second-order valence-electron chi connectivity index (χ2n) is 4.82. The molecule has 0 saturated carbocycles. The van der Waals surface area contributed by atoms with Gasteiger partial charge in [-0.3, -0.25) is 4.99 Å². The first-order chi connectivity index (χ1) is 9.65. The fourth-order valence-corrected chi connectivity index (χ4v) is 2.45. The van der Waals surface area contributed by atoms with E-state index in [0.29, 0.717) is 6.42 Å². The number of benzene rings is 1. The quantitative estimate of drug-likeness (QED) is 0.626. The van der Waals surface area contributed by atoms with Crippen molar-refractivity contribution in [2.45, 2.75) is 26.4 Å². The van der Waals surface area contributed by atoms with Crippen LogP contribution in [0.1, 0.15) is 11.4 Å². The van der Waals surface area contributed by atoms with Crippen LogP contribution in [0.5, 0.6) is 5.75 Å². The molecular formula is C15H19N3OSi. The van der Waals surface area contributed by atoms with Crippen LogP contribution in [0, 0.1) is 6.92 Å². The van der Waals surface area contributed by atoms with Gasteiger partial charge in [0.05, 0.1) is 0 Å². The molecular weight excluding hydrogens is 266 g/mol. The molecule has 1 aromatic heterocycles. The van der Waals surface area contributed by atoms with E-state index in [0.717, 1.165) is 17.3 Å². The first kappa shape index (κ1) is 14.4. The number of hydrogen-bond acceptors (Lipinski definition) is 4. The zero-order valence-electron chi connectivity index (χ0n) is 12.1. The van der Waals surface area contributed by atoms with Crippen molar-refractivity contribution in [2.24, 2.45) is 4.99 Å². The molecule has 20 heavy (non-hydrogen) atoms. The Bertz CT molecular complexity index is 585. The van der Waals surface area contributed by atoms with E-state index in [1.54, 1.807) is 18.5 Å². The molecule has 4 nitrogen and oxygen atoms in total. The van der Waals surface area contributed by atoms with Gasteiger partial charge >= 0.3 is 0 Å². The predicted octanol–water partition coefficient (Wildman–Crippen LogP) is 3.09. The van der Waals surface area contributed by atoms with E-state index in [4.69, 9.17) is 4.43 Å². The number of aromatic nitrogens is 2. The van der Waals surface area contributed by atoms with Crippen LogP contribution >= 0.6 is 0 Å². The summed E-state index contributed by atoms with van der Waals surface area (Å²) in [6.45, 7) is 6.34. The highest BCUT2D eigenvalue weighted by Crippen LogP contribution is 2.28. The monoisotopic (exact) mass is 285 g/mol. The van der Waals surface area contributed by atoms with Crippen LogP contribution in [0.15, 0.2) is 41.7 Å². The van der Waals surface area contributed by atoms with Crippen molar-refractivity contribution in [3.8, 4) is 5.75 Å². The Hall–Kier alpha value is -2.01. The smallest absolute Gasteiger partial charge is 0.229 e. The standard InChI is InChI=1S/C15H19N3OSi/c1-12-5-6-14(19-20(2)3)13(11-12)16-10-7-15-17-8-4-9-18-15/h4-6,8-11,20H,7H2,1-3H3. The summed E-state index contributed by atoms with van der Waals surface area (Å²) in [4.78, 5) is 12.9. The minimum absolute atomic E-state index is 0.618. The summed E-state index contributed by atoms with van der Waals surface area (Å²) in [5.41, 5.74) is 2.05. The SMILES string of the molecule is Cc1ccc(O[SiH](C)C)c(N=CCc2ncccn2)c1. The highest BCUT2D eigenvalue weighted by Gasteiger charge is 2.05. The molecule has 0 N–H and O–H groups in total. The lowest BCUT2D eigenvalue weighted by Crippen LogP contribution is -2.11. The van der Waals surface area contributed by atoms with Crippen LogP contribution in [0.3, 0.4) is 0 Å². The second kappa shape index (κ2) is 6.95. The highest BCUT2D eigenvalue weighted by atomic mass is 28.3. The molecule has 2 rings (SSSR count). The van der Waals surface area contributed by atoms with Crippen molar-refractivity contribution >= 4 is 20.9 Å². The predicted molar refractivity (Wildman–Crippen MR) is 84.6 cm³/mol. The van der Waals surface area contributed by atoms with Crippen molar-refractivity contribution in [3.05, 3.63) is 48.0 Å². The summed E-state index contributed by atoms with van der Waals surface area (Å²) in [5.74, 6) is 1.63. The molecule has 2 aromatic rings. The largest absolute Gasteiger partial charge is 0.546 e. The molecule has 0 bridgehead atoms. The van der Waals surface area contributed by atoms with E-state index in [9.17, 15) is 0 Å². The Kier molecular flexibility index (Phi) is 5.01. The molecule has 1 heterocycles. The lowest BCUT2D eigenvalue weighted by Gasteiger charge is -2.12. The summed E-state index contributed by atoms with van der Waals surface area (Å²) >= 11 is 0. The van der Waals surface area contributed by atoms with Crippen LogP contribution < -0.4 is 4.43 Å². The minimum Gasteiger partial charge on any atom is -0.546 e. The van der Waals surface area contributed by atoms with Crippen LogP contribution in [-0.4, -0.2) is 25.2 Å². The third kappa shape index (κ3) is 4.27. The molecule has 0 aliphatic rings. The van der Waals surface area contributed by atoms with Gasteiger partial charge in [0.2, 0.25) is 9.04 Å². The van der Waals surface area contributed by atoms with Gasteiger partial charge in [-0.25, -0.2) is 9.97 Å². The van der Waals surface area contributed by atoms with Crippen LogP contribution in [0.4, 0.5) is 5.69 Å².